The first-order valence-electron chi connectivity index (χ1n) is 7.66. The largest absolute Gasteiger partial charge is 0.480 e. The van der Waals surface area contributed by atoms with Crippen LogP contribution in [0.2, 0.25) is 0 Å². The summed E-state index contributed by atoms with van der Waals surface area (Å²) in [4.78, 5) is 25.7. The summed E-state index contributed by atoms with van der Waals surface area (Å²) in [5.41, 5.74) is 10.9. The number of ether oxygens (including phenoxy) is 1. The number of carboxylic acids is 1. The Balaban J connectivity index is 0.000000255. The molecule has 2 aromatic rings. The second-order valence-electron chi connectivity index (χ2n) is 6.20. The number of aromatic nitrogens is 1. The van der Waals surface area contributed by atoms with Crippen LogP contribution in [0.3, 0.4) is 0 Å². The van der Waals surface area contributed by atoms with Crippen LogP contribution in [0.1, 0.15) is 20.8 Å². The fourth-order valence-electron chi connectivity index (χ4n) is 1.75. The number of nitrogen functional groups attached to an aromatic ring is 1. The highest BCUT2D eigenvalue weighted by Gasteiger charge is 2.22. The molecule has 25 heavy (non-hydrogen) atoms. The molecule has 0 bridgehead atoms. The summed E-state index contributed by atoms with van der Waals surface area (Å²) in [7, 11) is 0. The Bertz CT molecular complexity index is 728. The number of benzene rings is 1. The maximum absolute atomic E-state index is 11.1. The van der Waals surface area contributed by atoms with E-state index in [1.807, 2.05) is 36.4 Å². The third-order valence-electron chi connectivity index (χ3n) is 2.84. The molecule has 8 heteroatoms. The Morgan fingerprint density at radius 2 is 1.88 bits per heavy atom. The molecule has 1 aromatic heterocycles. The van der Waals surface area contributed by atoms with E-state index in [2.05, 4.69) is 10.3 Å². The topological polar surface area (TPSA) is 141 Å². The van der Waals surface area contributed by atoms with Crippen molar-refractivity contribution in [2.24, 2.45) is 5.73 Å². The van der Waals surface area contributed by atoms with Gasteiger partial charge in [-0.2, -0.15) is 0 Å². The number of carbonyl (C=O) groups excluding carboxylic acids is 1. The number of hydrogen-bond acceptors (Lipinski definition) is 6. The van der Waals surface area contributed by atoms with Crippen molar-refractivity contribution in [1.29, 1.82) is 0 Å². The molecular formula is C17H24N4O4. The molecule has 1 amide bonds. The lowest BCUT2D eigenvalue weighted by Crippen LogP contribution is -2.47. The molecule has 0 saturated carbocycles. The maximum atomic E-state index is 11.1. The zero-order valence-corrected chi connectivity index (χ0v) is 14.5. The lowest BCUT2D eigenvalue weighted by atomic mass is 10.2. The standard InChI is InChI=1S/C9H8N2.C8H16N2O4/c10-9-6-5-7-3-1-2-4-8(7)11-9;1-8(2,3)14-7(13)10-5(4-9)6(11)12/h1-6H,(H2,10,11);5H,4,9H2,1-3H3,(H,10,13)(H,11,12)/t;5-/m.0/s1. The van der Waals surface area contributed by atoms with E-state index in [0.717, 1.165) is 10.9 Å². The molecule has 0 unspecified atom stereocenters. The van der Waals surface area contributed by atoms with Crippen molar-refractivity contribution in [3.8, 4) is 0 Å². The number of nitrogens with one attached hydrogen (secondary N) is 1. The van der Waals surface area contributed by atoms with Crippen molar-refractivity contribution in [2.45, 2.75) is 32.4 Å². The van der Waals surface area contributed by atoms with E-state index in [-0.39, 0.29) is 6.54 Å². The number of nitrogens with zero attached hydrogens (tertiary/aromatic N) is 1. The number of carboxylic acid groups (broad SMARTS) is 1. The zero-order chi connectivity index (χ0) is 19.0. The Hall–Kier alpha value is -2.87. The maximum Gasteiger partial charge on any atom is 0.408 e. The summed E-state index contributed by atoms with van der Waals surface area (Å²) in [6.45, 7) is 4.88. The van der Waals surface area contributed by atoms with E-state index in [9.17, 15) is 9.59 Å². The molecule has 0 fully saturated rings. The number of rotatable bonds is 3. The van der Waals surface area contributed by atoms with Crippen LogP contribution in [0.25, 0.3) is 10.9 Å². The molecule has 0 saturated heterocycles. The first-order chi connectivity index (χ1) is 11.6. The van der Waals surface area contributed by atoms with Crippen molar-refractivity contribution >= 4 is 28.8 Å². The Kier molecular flexibility index (Phi) is 7.13. The highest BCUT2D eigenvalue weighted by Crippen LogP contribution is 2.11. The van der Waals surface area contributed by atoms with E-state index in [1.54, 1.807) is 20.8 Å². The van der Waals surface area contributed by atoms with Gasteiger partial charge in [0.15, 0.2) is 0 Å². The van der Waals surface area contributed by atoms with Crippen molar-refractivity contribution in [2.75, 3.05) is 12.3 Å². The molecule has 8 nitrogen and oxygen atoms in total. The zero-order valence-electron chi connectivity index (χ0n) is 14.5. The smallest absolute Gasteiger partial charge is 0.408 e. The molecule has 2 rings (SSSR count). The minimum Gasteiger partial charge on any atom is -0.480 e. The molecule has 0 aliphatic heterocycles. The summed E-state index contributed by atoms with van der Waals surface area (Å²) in [5, 5.41) is 11.8. The van der Waals surface area contributed by atoms with Crippen LogP contribution in [-0.4, -0.2) is 40.3 Å². The molecule has 1 aromatic carbocycles. The molecular weight excluding hydrogens is 324 g/mol. The summed E-state index contributed by atoms with van der Waals surface area (Å²) in [6, 6.07) is 10.6. The summed E-state index contributed by atoms with van der Waals surface area (Å²) in [6.07, 6.45) is -0.782. The van der Waals surface area contributed by atoms with Gasteiger partial charge in [-0.15, -0.1) is 0 Å². The van der Waals surface area contributed by atoms with Crippen molar-refractivity contribution in [1.82, 2.24) is 10.3 Å². The number of amides is 1. The highest BCUT2D eigenvalue weighted by molar-refractivity contribution is 5.80. The van der Waals surface area contributed by atoms with Gasteiger partial charge in [-0.1, -0.05) is 18.2 Å². The summed E-state index contributed by atoms with van der Waals surface area (Å²) in [5.74, 6) is -0.609. The number of pyridine rings is 1. The van der Waals surface area contributed by atoms with E-state index in [1.165, 1.54) is 0 Å². The number of hydrogen-bond donors (Lipinski definition) is 4. The predicted octanol–water partition coefficient (Wildman–Crippen LogP) is 1.74. The van der Waals surface area contributed by atoms with E-state index < -0.39 is 23.7 Å². The van der Waals surface area contributed by atoms with E-state index >= 15 is 0 Å². The number of fused-ring (bicyclic) bond motifs is 1. The van der Waals surface area contributed by atoms with Gasteiger partial charge in [0.1, 0.15) is 17.5 Å². The van der Waals surface area contributed by atoms with Crippen LogP contribution in [0.5, 0.6) is 0 Å². The lowest BCUT2D eigenvalue weighted by molar-refractivity contribution is -0.139. The number of para-hydroxylation sites is 1. The first kappa shape index (κ1) is 20.2. The van der Waals surface area contributed by atoms with Crippen LogP contribution >= 0.6 is 0 Å². The van der Waals surface area contributed by atoms with Crippen molar-refractivity contribution in [3.05, 3.63) is 36.4 Å². The number of carbonyl (C=O) groups is 2. The van der Waals surface area contributed by atoms with Gasteiger partial charge in [0, 0.05) is 11.9 Å². The number of nitrogens with two attached hydrogens (primary N) is 2. The molecule has 0 radical (unpaired) electrons. The van der Waals surface area contributed by atoms with Gasteiger partial charge in [-0.3, -0.25) is 0 Å². The third-order valence-corrected chi connectivity index (χ3v) is 2.84. The fourth-order valence-corrected chi connectivity index (χ4v) is 1.75. The second-order valence-corrected chi connectivity index (χ2v) is 6.20. The van der Waals surface area contributed by atoms with E-state index in [0.29, 0.717) is 5.82 Å². The molecule has 6 N–H and O–H groups in total. The first-order valence-corrected chi connectivity index (χ1v) is 7.66. The molecule has 136 valence electrons. The third kappa shape index (κ3) is 7.49. The monoisotopic (exact) mass is 348 g/mol. The number of anilines is 1. The van der Waals surface area contributed by atoms with Gasteiger partial charge >= 0.3 is 12.1 Å². The average molecular weight is 348 g/mol. The van der Waals surface area contributed by atoms with Crippen LogP contribution in [-0.2, 0) is 9.53 Å². The summed E-state index contributed by atoms with van der Waals surface area (Å²) < 4.78 is 4.85. The SMILES string of the molecule is CC(C)(C)OC(=O)N[C@@H](CN)C(=O)O.Nc1ccc2ccccc2n1. The molecule has 0 spiro atoms. The van der Waals surface area contributed by atoms with Gasteiger partial charge in [-0.25, -0.2) is 14.6 Å². The molecule has 0 aliphatic rings. The van der Waals surface area contributed by atoms with E-state index in [4.69, 9.17) is 21.3 Å². The fraction of sp³-hybridized carbons (Fsp3) is 0.353. The van der Waals surface area contributed by atoms with Crippen LogP contribution in [0, 0.1) is 0 Å². The molecule has 1 heterocycles. The van der Waals surface area contributed by atoms with Gasteiger partial charge in [0.05, 0.1) is 5.52 Å². The minimum atomic E-state index is -1.18. The quantitative estimate of drug-likeness (QED) is 0.662. The predicted molar refractivity (Wildman–Crippen MR) is 96.0 cm³/mol. The van der Waals surface area contributed by atoms with Crippen LogP contribution < -0.4 is 16.8 Å². The van der Waals surface area contributed by atoms with Crippen LogP contribution in [0.15, 0.2) is 36.4 Å². The number of aliphatic carboxylic acids is 1. The van der Waals surface area contributed by atoms with Crippen molar-refractivity contribution in [3.63, 3.8) is 0 Å². The van der Waals surface area contributed by atoms with Crippen LogP contribution in [0.4, 0.5) is 10.6 Å². The Morgan fingerprint density at radius 1 is 1.24 bits per heavy atom. The summed E-state index contributed by atoms with van der Waals surface area (Å²) >= 11 is 0. The molecule has 0 aliphatic carbocycles. The van der Waals surface area contributed by atoms with Crippen molar-refractivity contribution < 1.29 is 19.4 Å². The molecule has 1 atom stereocenters. The van der Waals surface area contributed by atoms with Gasteiger partial charge in [-0.05, 0) is 39.0 Å². The minimum absolute atomic E-state index is 0.172. The lowest BCUT2D eigenvalue weighted by Gasteiger charge is -2.21. The normalized spacial score (nSPS) is 11.8. The van der Waals surface area contributed by atoms with Gasteiger partial charge in [0.25, 0.3) is 0 Å². The highest BCUT2D eigenvalue weighted by atomic mass is 16.6. The van der Waals surface area contributed by atoms with Gasteiger partial charge in [0.2, 0.25) is 0 Å². The Labute approximate surface area is 146 Å². The number of alkyl carbamates (subject to hydrolysis) is 1. The average Bonchev–Trinajstić information content (AvgIpc) is 2.51. The second kappa shape index (κ2) is 8.84. The Morgan fingerprint density at radius 3 is 2.44 bits per heavy atom. The van der Waals surface area contributed by atoms with Gasteiger partial charge < -0.3 is 26.6 Å².